The van der Waals surface area contributed by atoms with Crippen molar-refractivity contribution in [2.75, 3.05) is 56.0 Å². The van der Waals surface area contributed by atoms with Crippen molar-refractivity contribution < 1.29 is 18.0 Å². The molecule has 2 saturated heterocycles. The molecular weight excluding hydrogens is 445 g/mol. The number of piperidine rings is 1. The van der Waals surface area contributed by atoms with Gasteiger partial charge in [0.1, 0.15) is 11.6 Å². The number of aryl methyl sites for hydroxylation is 1. The number of halogens is 3. The Labute approximate surface area is 198 Å². The Morgan fingerprint density at radius 2 is 1.74 bits per heavy atom. The summed E-state index contributed by atoms with van der Waals surface area (Å²) < 4.78 is 38.0. The quantitative estimate of drug-likeness (QED) is 0.690. The minimum absolute atomic E-state index is 0.0942. The molecule has 0 spiro atoms. The van der Waals surface area contributed by atoms with Crippen LogP contribution in [0.25, 0.3) is 0 Å². The smallest absolute Gasteiger partial charge is 0.367 e. The standard InChI is InChI=1S/C24H31F3N6O/c1-18-2-5-22(29-16-18)32-14-12-31(13-15-32)9-8-23(34)33-10-6-20(7-11-33)30-21-4-3-19(17-28-21)24(25,26)27/h2-5,16-17,20H,6-15H2,1H3,(H,28,30). The summed E-state index contributed by atoms with van der Waals surface area (Å²) in [5.41, 5.74) is 0.392. The minimum atomic E-state index is -4.39. The molecule has 0 unspecified atom stereocenters. The maximum absolute atomic E-state index is 12.7. The molecule has 4 rings (SSSR count). The van der Waals surface area contributed by atoms with Crippen molar-refractivity contribution in [3.05, 3.63) is 47.8 Å². The van der Waals surface area contributed by atoms with E-state index in [0.29, 0.717) is 25.3 Å². The van der Waals surface area contributed by atoms with E-state index in [4.69, 9.17) is 0 Å². The van der Waals surface area contributed by atoms with Gasteiger partial charge in [-0.25, -0.2) is 9.97 Å². The third kappa shape index (κ3) is 6.37. The van der Waals surface area contributed by atoms with Crippen LogP contribution in [-0.4, -0.2) is 77.5 Å². The number of carbonyl (C=O) groups excluding carboxylic acids is 1. The highest BCUT2D eigenvalue weighted by atomic mass is 19.4. The summed E-state index contributed by atoms with van der Waals surface area (Å²) >= 11 is 0. The maximum Gasteiger partial charge on any atom is 0.417 e. The van der Waals surface area contributed by atoms with Gasteiger partial charge < -0.3 is 15.1 Å². The molecule has 0 saturated carbocycles. The maximum atomic E-state index is 12.7. The van der Waals surface area contributed by atoms with Crippen LogP contribution in [0.15, 0.2) is 36.7 Å². The van der Waals surface area contributed by atoms with Gasteiger partial charge in [-0.05, 0) is 43.5 Å². The van der Waals surface area contributed by atoms with Crippen LogP contribution in [0.1, 0.15) is 30.4 Å². The van der Waals surface area contributed by atoms with Crippen molar-refractivity contribution >= 4 is 17.5 Å². The number of carbonyl (C=O) groups is 1. The van der Waals surface area contributed by atoms with Gasteiger partial charge in [-0.1, -0.05) is 6.07 Å². The number of hydrogen-bond acceptors (Lipinski definition) is 6. The van der Waals surface area contributed by atoms with Gasteiger partial charge in [0.15, 0.2) is 0 Å². The summed E-state index contributed by atoms with van der Waals surface area (Å²) in [6.45, 7) is 7.69. The predicted molar refractivity (Wildman–Crippen MR) is 125 cm³/mol. The average molecular weight is 477 g/mol. The lowest BCUT2D eigenvalue weighted by Gasteiger charge is -2.36. The number of amides is 1. The van der Waals surface area contributed by atoms with Gasteiger partial charge in [0.2, 0.25) is 5.91 Å². The molecule has 0 radical (unpaired) electrons. The third-order valence-electron chi connectivity index (χ3n) is 6.52. The molecule has 0 aliphatic carbocycles. The molecule has 1 N–H and O–H groups in total. The Hall–Kier alpha value is -2.88. The van der Waals surface area contributed by atoms with Gasteiger partial charge in [0.25, 0.3) is 0 Å². The topological polar surface area (TPSA) is 64.6 Å². The number of likely N-dealkylation sites (tertiary alicyclic amines) is 1. The Bertz CT molecular complexity index is 935. The van der Waals surface area contributed by atoms with E-state index in [0.717, 1.165) is 69.2 Å². The highest BCUT2D eigenvalue weighted by Crippen LogP contribution is 2.29. The zero-order chi connectivity index (χ0) is 24.1. The Morgan fingerprint density at radius 1 is 1.00 bits per heavy atom. The summed E-state index contributed by atoms with van der Waals surface area (Å²) in [5.74, 6) is 1.59. The number of piperazine rings is 1. The van der Waals surface area contributed by atoms with Crippen molar-refractivity contribution in [1.82, 2.24) is 19.8 Å². The number of pyridine rings is 2. The predicted octanol–water partition coefficient (Wildman–Crippen LogP) is 3.42. The molecule has 0 atom stereocenters. The molecule has 2 aliphatic rings. The number of nitrogens with one attached hydrogen (secondary N) is 1. The number of alkyl halides is 3. The van der Waals surface area contributed by atoms with Crippen LogP contribution >= 0.6 is 0 Å². The molecule has 4 heterocycles. The van der Waals surface area contributed by atoms with Crippen LogP contribution in [0.2, 0.25) is 0 Å². The minimum Gasteiger partial charge on any atom is -0.367 e. The Balaban J connectivity index is 1.15. The van der Waals surface area contributed by atoms with E-state index in [1.807, 2.05) is 18.0 Å². The summed E-state index contributed by atoms with van der Waals surface area (Å²) in [7, 11) is 0. The molecule has 10 heteroatoms. The summed E-state index contributed by atoms with van der Waals surface area (Å²) in [6.07, 6.45) is 0.342. The first-order valence-corrected chi connectivity index (χ1v) is 11.8. The number of hydrogen-bond donors (Lipinski definition) is 1. The van der Waals surface area contributed by atoms with Crippen molar-refractivity contribution in [2.24, 2.45) is 0 Å². The van der Waals surface area contributed by atoms with E-state index in [-0.39, 0.29) is 11.9 Å². The van der Waals surface area contributed by atoms with Crippen molar-refractivity contribution in [2.45, 2.75) is 38.4 Å². The average Bonchev–Trinajstić information content (AvgIpc) is 2.84. The highest BCUT2D eigenvalue weighted by Gasteiger charge is 2.31. The monoisotopic (exact) mass is 476 g/mol. The van der Waals surface area contributed by atoms with Gasteiger partial charge in [-0.15, -0.1) is 0 Å². The SMILES string of the molecule is Cc1ccc(N2CCN(CCC(=O)N3CCC(Nc4ccc(C(F)(F)F)cn4)CC3)CC2)nc1. The van der Waals surface area contributed by atoms with Crippen LogP contribution < -0.4 is 10.2 Å². The largest absolute Gasteiger partial charge is 0.417 e. The van der Waals surface area contributed by atoms with Gasteiger partial charge in [-0.2, -0.15) is 13.2 Å². The number of aromatic nitrogens is 2. The normalized spacial score (nSPS) is 18.2. The van der Waals surface area contributed by atoms with E-state index in [9.17, 15) is 18.0 Å². The molecular formula is C24H31F3N6O. The molecule has 7 nitrogen and oxygen atoms in total. The van der Waals surface area contributed by atoms with Gasteiger partial charge in [0, 0.05) is 70.7 Å². The Kier molecular flexibility index (Phi) is 7.55. The molecule has 2 aliphatic heterocycles. The summed E-state index contributed by atoms with van der Waals surface area (Å²) in [4.78, 5) is 27.6. The summed E-state index contributed by atoms with van der Waals surface area (Å²) in [5, 5.41) is 3.19. The summed E-state index contributed by atoms with van der Waals surface area (Å²) in [6, 6.07) is 6.61. The van der Waals surface area contributed by atoms with E-state index < -0.39 is 11.7 Å². The molecule has 34 heavy (non-hydrogen) atoms. The first-order chi connectivity index (χ1) is 16.3. The second-order valence-corrected chi connectivity index (χ2v) is 9.00. The first-order valence-electron chi connectivity index (χ1n) is 11.8. The van der Waals surface area contributed by atoms with Crippen LogP contribution in [0.5, 0.6) is 0 Å². The molecule has 2 fully saturated rings. The lowest BCUT2D eigenvalue weighted by Crippen LogP contribution is -2.48. The second-order valence-electron chi connectivity index (χ2n) is 9.00. The fourth-order valence-corrected chi connectivity index (χ4v) is 4.39. The lowest BCUT2D eigenvalue weighted by atomic mass is 10.0. The molecule has 184 valence electrons. The van der Waals surface area contributed by atoms with Gasteiger partial charge in [0.05, 0.1) is 5.56 Å². The molecule has 1 amide bonds. The fourth-order valence-electron chi connectivity index (χ4n) is 4.39. The van der Waals surface area contributed by atoms with Crippen LogP contribution in [0.3, 0.4) is 0 Å². The number of anilines is 2. The molecule has 0 aromatic carbocycles. The van der Waals surface area contributed by atoms with Crippen LogP contribution in [-0.2, 0) is 11.0 Å². The molecule has 2 aromatic rings. The lowest BCUT2D eigenvalue weighted by molar-refractivity contribution is -0.137. The molecule has 2 aromatic heterocycles. The van der Waals surface area contributed by atoms with Crippen molar-refractivity contribution in [3.8, 4) is 0 Å². The zero-order valence-electron chi connectivity index (χ0n) is 19.4. The number of nitrogens with zero attached hydrogens (tertiary/aromatic N) is 5. The second kappa shape index (κ2) is 10.6. The number of rotatable bonds is 6. The first kappa shape index (κ1) is 24.3. The fraction of sp³-hybridized carbons (Fsp3) is 0.542. The van der Waals surface area contributed by atoms with E-state index in [1.54, 1.807) is 0 Å². The van der Waals surface area contributed by atoms with E-state index in [1.165, 1.54) is 6.07 Å². The van der Waals surface area contributed by atoms with Gasteiger partial charge in [-0.3, -0.25) is 9.69 Å². The van der Waals surface area contributed by atoms with E-state index in [2.05, 4.69) is 37.2 Å². The third-order valence-corrected chi connectivity index (χ3v) is 6.52. The van der Waals surface area contributed by atoms with Crippen LogP contribution in [0, 0.1) is 6.92 Å². The van der Waals surface area contributed by atoms with Crippen molar-refractivity contribution in [1.29, 1.82) is 0 Å². The van der Waals surface area contributed by atoms with E-state index >= 15 is 0 Å². The van der Waals surface area contributed by atoms with Crippen molar-refractivity contribution in [3.63, 3.8) is 0 Å². The van der Waals surface area contributed by atoms with Crippen LogP contribution in [0.4, 0.5) is 24.8 Å². The zero-order valence-corrected chi connectivity index (χ0v) is 19.4. The highest BCUT2D eigenvalue weighted by molar-refractivity contribution is 5.76. The molecule has 0 bridgehead atoms. The van der Waals surface area contributed by atoms with Gasteiger partial charge >= 0.3 is 6.18 Å². The Morgan fingerprint density at radius 3 is 2.32 bits per heavy atom.